The third-order valence-electron chi connectivity index (χ3n) is 3.76. The van der Waals surface area contributed by atoms with E-state index >= 15 is 0 Å². The molecule has 0 unspecified atom stereocenters. The molecular formula is C15H18BNO. The van der Waals surface area contributed by atoms with E-state index in [2.05, 4.69) is 24.7 Å². The zero-order chi connectivity index (χ0) is 13.0. The van der Waals surface area contributed by atoms with E-state index < -0.39 is 0 Å². The Balaban J connectivity index is 2.37. The molecule has 0 saturated heterocycles. The number of aryl methyl sites for hydroxylation is 1. The van der Waals surface area contributed by atoms with Crippen molar-refractivity contribution in [1.29, 1.82) is 5.26 Å². The number of methoxy groups -OCH3 is 1. The van der Waals surface area contributed by atoms with E-state index in [9.17, 15) is 0 Å². The van der Waals surface area contributed by atoms with Crippen LogP contribution >= 0.6 is 0 Å². The zero-order valence-electron chi connectivity index (χ0n) is 10.9. The first-order valence-corrected chi connectivity index (χ1v) is 6.50. The summed E-state index contributed by atoms with van der Waals surface area (Å²) in [6.45, 7) is 5.76. The SMILES string of the molecule is C=Bc1cc(C2CCC2)c(OC)cc1CCC#N. The molecule has 0 heterocycles. The van der Waals surface area contributed by atoms with E-state index in [-0.39, 0.29) is 0 Å². The van der Waals surface area contributed by atoms with Crippen LogP contribution in [-0.2, 0) is 6.42 Å². The molecule has 92 valence electrons. The molecule has 1 aliphatic carbocycles. The van der Waals surface area contributed by atoms with Gasteiger partial charge in [-0.1, -0.05) is 0 Å². The van der Waals surface area contributed by atoms with Gasteiger partial charge < -0.3 is 0 Å². The monoisotopic (exact) mass is 239 g/mol. The molecule has 2 nitrogen and oxygen atoms in total. The molecule has 1 aromatic carbocycles. The van der Waals surface area contributed by atoms with Crippen LogP contribution in [0.1, 0.15) is 42.7 Å². The van der Waals surface area contributed by atoms with E-state index in [0.29, 0.717) is 12.3 Å². The predicted molar refractivity (Wildman–Crippen MR) is 76.0 cm³/mol. The van der Waals surface area contributed by atoms with Crippen LogP contribution in [-0.4, -0.2) is 20.5 Å². The van der Waals surface area contributed by atoms with Gasteiger partial charge >= 0.3 is 109 Å². The fourth-order valence-electron chi connectivity index (χ4n) is 2.47. The first kappa shape index (κ1) is 12.9. The molecule has 1 saturated carbocycles. The molecule has 1 aromatic rings. The van der Waals surface area contributed by atoms with E-state index in [1.807, 2.05) is 6.92 Å². The van der Waals surface area contributed by atoms with E-state index in [1.165, 1.54) is 24.8 Å². The summed E-state index contributed by atoms with van der Waals surface area (Å²) >= 11 is 0. The van der Waals surface area contributed by atoms with Crippen LogP contribution in [0, 0.1) is 11.3 Å². The van der Waals surface area contributed by atoms with Gasteiger partial charge in [0.2, 0.25) is 0 Å². The van der Waals surface area contributed by atoms with Crippen molar-refractivity contribution < 1.29 is 4.74 Å². The van der Waals surface area contributed by atoms with Crippen LogP contribution in [0.4, 0.5) is 0 Å². The van der Waals surface area contributed by atoms with Crippen molar-refractivity contribution in [3.63, 3.8) is 0 Å². The Morgan fingerprint density at radius 2 is 2.28 bits per heavy atom. The zero-order valence-corrected chi connectivity index (χ0v) is 10.9. The molecule has 1 aliphatic rings. The number of benzene rings is 1. The molecular weight excluding hydrogens is 221 g/mol. The van der Waals surface area contributed by atoms with E-state index in [4.69, 9.17) is 10.00 Å². The standard InChI is InChI=1S/C15H18BNO/c1-16-14-10-13(11-5-3-6-11)15(18-2)9-12(14)7-4-8-17/h9-11H,1,3-7H2,2H3. The molecule has 0 aromatic heterocycles. The Labute approximate surface area is 109 Å². The molecule has 0 N–H and O–H groups in total. The van der Waals surface area contributed by atoms with Crippen LogP contribution in [0.3, 0.4) is 0 Å². The van der Waals surface area contributed by atoms with Gasteiger partial charge in [0.15, 0.2) is 0 Å². The van der Waals surface area contributed by atoms with Crippen LogP contribution in [0.2, 0.25) is 0 Å². The number of nitriles is 1. The summed E-state index contributed by atoms with van der Waals surface area (Å²) in [5.74, 6) is 1.61. The fourth-order valence-corrected chi connectivity index (χ4v) is 2.47. The molecule has 0 atom stereocenters. The molecule has 1 fully saturated rings. The van der Waals surface area contributed by atoms with Crippen LogP contribution in [0.15, 0.2) is 12.1 Å². The third-order valence-corrected chi connectivity index (χ3v) is 3.76. The van der Waals surface area contributed by atoms with Gasteiger partial charge in [0, 0.05) is 0 Å². The van der Waals surface area contributed by atoms with Gasteiger partial charge in [-0.25, -0.2) is 0 Å². The van der Waals surface area contributed by atoms with Gasteiger partial charge in [0.25, 0.3) is 0 Å². The van der Waals surface area contributed by atoms with Gasteiger partial charge in [-0.3, -0.25) is 0 Å². The van der Waals surface area contributed by atoms with Gasteiger partial charge in [0.05, 0.1) is 0 Å². The molecule has 0 aliphatic heterocycles. The summed E-state index contributed by atoms with van der Waals surface area (Å²) in [7, 11) is 1.72. The van der Waals surface area contributed by atoms with Gasteiger partial charge in [-0.05, 0) is 0 Å². The number of hydrogen-bond donors (Lipinski definition) is 0. The topological polar surface area (TPSA) is 33.0 Å². The second-order valence-electron chi connectivity index (χ2n) is 4.78. The minimum atomic E-state index is 0.534. The quantitative estimate of drug-likeness (QED) is 0.738. The van der Waals surface area contributed by atoms with Gasteiger partial charge in [-0.2, -0.15) is 0 Å². The summed E-state index contributed by atoms with van der Waals surface area (Å²) in [5, 5.41) is 8.70. The molecule has 0 amide bonds. The first-order chi connectivity index (χ1) is 8.80. The number of hydrogen-bond acceptors (Lipinski definition) is 2. The molecule has 18 heavy (non-hydrogen) atoms. The average molecular weight is 239 g/mol. The Hall–Kier alpha value is -1.56. The van der Waals surface area contributed by atoms with Crippen molar-refractivity contribution in [2.45, 2.75) is 38.0 Å². The van der Waals surface area contributed by atoms with E-state index in [1.54, 1.807) is 7.11 Å². The fraction of sp³-hybridized carbons (Fsp3) is 0.467. The van der Waals surface area contributed by atoms with Gasteiger partial charge in [0.1, 0.15) is 0 Å². The van der Waals surface area contributed by atoms with Crippen LogP contribution < -0.4 is 10.2 Å². The summed E-state index contributed by atoms with van der Waals surface area (Å²) in [4.78, 5) is 0. The van der Waals surface area contributed by atoms with Crippen LogP contribution in [0.25, 0.3) is 0 Å². The summed E-state index contributed by atoms with van der Waals surface area (Å²) < 4.78 is 5.51. The van der Waals surface area contributed by atoms with Gasteiger partial charge in [-0.15, -0.1) is 0 Å². The maximum atomic E-state index is 8.70. The van der Waals surface area contributed by atoms with Crippen molar-refractivity contribution in [3.8, 4) is 11.8 Å². The summed E-state index contributed by atoms with van der Waals surface area (Å²) in [6, 6.07) is 6.47. The first-order valence-electron chi connectivity index (χ1n) is 6.50. The van der Waals surface area contributed by atoms with Crippen molar-refractivity contribution >= 4 is 18.9 Å². The molecule has 0 bridgehead atoms. The minimum absolute atomic E-state index is 0.534. The number of ether oxygens (including phenoxy) is 1. The Kier molecular flexibility index (Phi) is 4.20. The second kappa shape index (κ2) is 5.86. The Bertz CT molecular complexity index is 486. The second-order valence-corrected chi connectivity index (χ2v) is 4.78. The van der Waals surface area contributed by atoms with Crippen molar-refractivity contribution in [3.05, 3.63) is 23.3 Å². The average Bonchev–Trinajstić information content (AvgIpc) is 2.34. The molecule has 0 radical (unpaired) electrons. The summed E-state index contributed by atoms with van der Waals surface area (Å²) in [5.41, 5.74) is 3.61. The van der Waals surface area contributed by atoms with Crippen molar-refractivity contribution in [1.82, 2.24) is 0 Å². The third kappa shape index (κ3) is 2.48. The van der Waals surface area contributed by atoms with Crippen molar-refractivity contribution in [2.75, 3.05) is 7.11 Å². The van der Waals surface area contributed by atoms with E-state index in [0.717, 1.165) is 23.2 Å². The van der Waals surface area contributed by atoms with Crippen molar-refractivity contribution in [2.24, 2.45) is 0 Å². The number of rotatable bonds is 5. The number of nitrogens with zero attached hydrogens (tertiary/aromatic N) is 1. The summed E-state index contributed by atoms with van der Waals surface area (Å²) in [6.07, 6.45) is 5.12. The Morgan fingerprint density at radius 3 is 2.78 bits per heavy atom. The molecule has 3 heteroatoms. The maximum absolute atomic E-state index is 8.70. The van der Waals surface area contributed by atoms with Crippen LogP contribution in [0.5, 0.6) is 5.75 Å². The Morgan fingerprint density at radius 1 is 1.50 bits per heavy atom. The normalized spacial score (nSPS) is 14.4. The predicted octanol–water partition coefficient (Wildman–Crippen LogP) is 2.18. The molecule has 2 rings (SSSR count). The molecule has 0 spiro atoms.